The highest BCUT2D eigenvalue weighted by Gasteiger charge is 2.30. The Labute approximate surface area is 249 Å². The van der Waals surface area contributed by atoms with Crippen molar-refractivity contribution in [3.63, 3.8) is 0 Å². The van der Waals surface area contributed by atoms with Crippen LogP contribution in [0.4, 0.5) is 17.2 Å². The van der Waals surface area contributed by atoms with Crippen LogP contribution in [0, 0.1) is 5.92 Å². The summed E-state index contributed by atoms with van der Waals surface area (Å²) in [4.78, 5) is 52.9. The number of nitrogens with zero attached hydrogens (tertiary/aromatic N) is 4. The molecule has 1 aromatic carbocycles. The van der Waals surface area contributed by atoms with Crippen molar-refractivity contribution in [2.45, 2.75) is 38.0 Å². The predicted octanol–water partition coefficient (Wildman–Crippen LogP) is -1.39. The maximum Gasteiger partial charge on any atom is 0.302 e. The number of anilines is 3. The Morgan fingerprint density at radius 2 is 1.86 bits per heavy atom. The fourth-order valence-electron chi connectivity index (χ4n) is 3.97. The molecule has 222 valence electrons. The topological polar surface area (TPSA) is 200 Å². The normalized spacial score (nSPS) is 13.4. The Morgan fingerprint density at radius 3 is 2.49 bits per heavy atom. The lowest BCUT2D eigenvalue weighted by atomic mass is 9.49. The highest BCUT2D eigenvalue weighted by Crippen LogP contribution is 2.38. The molecule has 0 unspecified atom stereocenters. The van der Waals surface area contributed by atoms with E-state index >= 15 is 0 Å². The van der Waals surface area contributed by atoms with Crippen molar-refractivity contribution in [1.29, 1.82) is 0 Å². The van der Waals surface area contributed by atoms with Crippen molar-refractivity contribution >= 4 is 64.4 Å². The molecule has 0 saturated heterocycles. The number of nitrogens with one attached hydrogen (secondary N) is 4. The van der Waals surface area contributed by atoms with Crippen molar-refractivity contribution < 1.29 is 33.2 Å². The van der Waals surface area contributed by atoms with Crippen molar-refractivity contribution in [2.24, 2.45) is 5.92 Å². The van der Waals surface area contributed by atoms with Crippen LogP contribution in [-0.2, 0) is 19.1 Å². The lowest BCUT2D eigenvalue weighted by molar-refractivity contribution is -0.142. The highest BCUT2D eigenvalue weighted by atomic mass is 16.5. The number of methoxy groups -OCH3 is 1. The van der Waals surface area contributed by atoms with Crippen LogP contribution < -0.4 is 26.0 Å². The van der Waals surface area contributed by atoms with E-state index in [1.807, 2.05) is 23.5 Å². The summed E-state index contributed by atoms with van der Waals surface area (Å²) in [6, 6.07) is 5.76. The lowest BCUT2D eigenvalue weighted by Crippen LogP contribution is -2.50. The molecule has 2 heterocycles. The molecule has 2 aromatic heterocycles. The Kier molecular flexibility index (Phi) is 9.36. The third kappa shape index (κ3) is 8.33. The molecule has 1 aliphatic rings. The molecule has 0 spiro atoms. The van der Waals surface area contributed by atoms with Crippen LogP contribution in [0.25, 0.3) is 11.5 Å². The van der Waals surface area contributed by atoms with Gasteiger partial charge in [0.25, 0.3) is 11.8 Å². The van der Waals surface area contributed by atoms with Gasteiger partial charge in [-0.05, 0) is 30.2 Å². The first-order valence-electron chi connectivity index (χ1n) is 13.5. The smallest absolute Gasteiger partial charge is 0.302 e. The summed E-state index contributed by atoms with van der Waals surface area (Å²) in [5.41, 5.74) is 1.06. The number of hydrogen-bond acceptors (Lipinski definition) is 12. The number of esters is 1. The molecular formula is C25H31B3N8O7. The van der Waals surface area contributed by atoms with E-state index < -0.39 is 23.2 Å². The molecule has 3 amide bonds. The summed E-state index contributed by atoms with van der Waals surface area (Å²) in [7, 11) is 6.96. The predicted molar refractivity (Wildman–Crippen MR) is 162 cm³/mol. The van der Waals surface area contributed by atoms with Crippen LogP contribution >= 0.6 is 0 Å². The van der Waals surface area contributed by atoms with Gasteiger partial charge in [-0.2, -0.15) is 4.98 Å². The molecule has 1 atom stereocenters. The Balaban J connectivity index is 1.68. The van der Waals surface area contributed by atoms with E-state index in [4.69, 9.17) is 14.0 Å². The zero-order valence-corrected chi connectivity index (χ0v) is 24.7. The van der Waals surface area contributed by atoms with Gasteiger partial charge < -0.3 is 35.3 Å². The van der Waals surface area contributed by atoms with E-state index in [2.05, 4.69) is 41.6 Å². The SMILES string of the molecule is BC(B)(B)NC(=O)c1nnc(NC(=O)C2CC2)cc1Nc1cccc(-c2nc([C@H](COC(C)=O)NC(C)=O)no2)c1OC. The van der Waals surface area contributed by atoms with E-state index in [9.17, 15) is 19.2 Å². The number of carbonyl (C=O) groups excluding carboxylic acids is 4. The average Bonchev–Trinajstić information content (AvgIpc) is 3.67. The second kappa shape index (κ2) is 13.0. The Morgan fingerprint density at radius 1 is 1.12 bits per heavy atom. The molecule has 18 heteroatoms. The number of aromatic nitrogens is 4. The van der Waals surface area contributed by atoms with Crippen LogP contribution in [0.2, 0.25) is 0 Å². The van der Waals surface area contributed by atoms with Crippen LogP contribution in [-0.4, -0.2) is 86.5 Å². The molecule has 0 aliphatic heterocycles. The van der Waals surface area contributed by atoms with Gasteiger partial charge in [-0.3, -0.25) is 19.2 Å². The standard InChI is InChI=1S/C25H31B3N8O7/c1-11(37)29-17(10-42-12(2)38)21-32-24(43-36-21)14-5-4-6-15(20(14)41-3)30-16-9-18(31-22(39)13-7-8-13)34-35-19(16)23(40)33-25(26,27)28/h4-6,9,13,17H,7-8,10,26-28H2,1-3H3,(H,29,37)(H,33,40)(H2,30,31,34,39)/t17-/m0/s1. The molecule has 4 rings (SSSR count). The quantitative estimate of drug-likeness (QED) is 0.143. The lowest BCUT2D eigenvalue weighted by Gasteiger charge is -2.21. The fourth-order valence-corrected chi connectivity index (χ4v) is 3.97. The molecule has 15 nitrogen and oxygen atoms in total. The van der Waals surface area contributed by atoms with Gasteiger partial charge in [0.1, 0.15) is 36.2 Å². The number of hydrogen-bond donors (Lipinski definition) is 4. The Hall–Kier alpha value is -4.89. The van der Waals surface area contributed by atoms with Gasteiger partial charge in [-0.25, -0.2) is 0 Å². The van der Waals surface area contributed by atoms with E-state index in [-0.39, 0.29) is 59.0 Å². The fraction of sp³-hybridized carbons (Fsp3) is 0.360. The third-order valence-electron chi connectivity index (χ3n) is 6.00. The number of benzene rings is 1. The van der Waals surface area contributed by atoms with Crippen molar-refractivity contribution in [1.82, 2.24) is 31.0 Å². The molecule has 1 saturated carbocycles. The zero-order valence-electron chi connectivity index (χ0n) is 24.7. The molecule has 43 heavy (non-hydrogen) atoms. The monoisotopic (exact) mass is 588 g/mol. The zero-order chi connectivity index (χ0) is 31.3. The van der Waals surface area contributed by atoms with Gasteiger partial charge in [-0.1, -0.05) is 11.2 Å². The number of para-hydroxylation sites is 1. The summed E-state index contributed by atoms with van der Waals surface area (Å²) >= 11 is 0. The second-order valence-corrected chi connectivity index (χ2v) is 11.0. The molecule has 0 radical (unpaired) electrons. The first kappa shape index (κ1) is 31.1. The first-order chi connectivity index (χ1) is 20.3. The number of amides is 3. The minimum absolute atomic E-state index is 0.00417. The maximum atomic E-state index is 13.1. The van der Waals surface area contributed by atoms with Gasteiger partial charge >= 0.3 is 5.97 Å². The van der Waals surface area contributed by atoms with Crippen molar-refractivity contribution in [3.8, 4) is 17.2 Å². The summed E-state index contributed by atoms with van der Waals surface area (Å²) in [5, 5.41) is 23.0. The minimum atomic E-state index is -0.845. The summed E-state index contributed by atoms with van der Waals surface area (Å²) < 4.78 is 16.2. The van der Waals surface area contributed by atoms with Crippen LogP contribution in [0.3, 0.4) is 0 Å². The van der Waals surface area contributed by atoms with Crippen LogP contribution in [0.1, 0.15) is 49.0 Å². The molecule has 1 aliphatic carbocycles. The van der Waals surface area contributed by atoms with Crippen molar-refractivity contribution in [3.05, 3.63) is 35.8 Å². The largest absolute Gasteiger partial charge is 0.494 e. The Bertz CT molecular complexity index is 1540. The number of carbonyl (C=O) groups is 4. The molecule has 4 N–H and O–H groups in total. The van der Waals surface area contributed by atoms with Gasteiger partial charge in [-0.15, -0.1) is 10.2 Å². The number of rotatable bonds is 12. The third-order valence-corrected chi connectivity index (χ3v) is 6.00. The summed E-state index contributed by atoms with van der Waals surface area (Å²) in [6.07, 6.45) is 1.63. The molecule has 3 aromatic rings. The van der Waals surface area contributed by atoms with Gasteiger partial charge in [0.15, 0.2) is 23.1 Å². The van der Waals surface area contributed by atoms with Crippen molar-refractivity contribution in [2.75, 3.05) is 24.4 Å². The second-order valence-electron chi connectivity index (χ2n) is 11.0. The maximum absolute atomic E-state index is 13.1. The van der Waals surface area contributed by atoms with E-state index in [1.165, 1.54) is 27.0 Å². The van der Waals surface area contributed by atoms with E-state index in [1.54, 1.807) is 18.2 Å². The molecular weight excluding hydrogens is 557 g/mol. The highest BCUT2D eigenvalue weighted by molar-refractivity contribution is 6.60. The van der Waals surface area contributed by atoms with E-state index in [0.29, 0.717) is 11.3 Å². The summed E-state index contributed by atoms with van der Waals surface area (Å²) in [6.45, 7) is 2.36. The molecule has 0 bridgehead atoms. The number of ether oxygens (including phenoxy) is 2. The van der Waals surface area contributed by atoms with Crippen LogP contribution in [0.5, 0.6) is 5.75 Å². The van der Waals surface area contributed by atoms with Gasteiger partial charge in [0.2, 0.25) is 11.8 Å². The van der Waals surface area contributed by atoms with E-state index in [0.717, 1.165) is 12.8 Å². The first-order valence-corrected chi connectivity index (χ1v) is 13.5. The molecule has 1 fully saturated rings. The average molecular weight is 588 g/mol. The van der Waals surface area contributed by atoms with Crippen LogP contribution in [0.15, 0.2) is 28.8 Å². The van der Waals surface area contributed by atoms with Gasteiger partial charge in [0, 0.05) is 25.8 Å². The van der Waals surface area contributed by atoms with Gasteiger partial charge in [0.05, 0.1) is 24.0 Å². The summed E-state index contributed by atoms with van der Waals surface area (Å²) in [5.74, 6) is -0.990. The minimum Gasteiger partial charge on any atom is -0.494 e.